The summed E-state index contributed by atoms with van der Waals surface area (Å²) < 4.78 is 0. The summed E-state index contributed by atoms with van der Waals surface area (Å²) in [4.78, 5) is 19.7. The van der Waals surface area contributed by atoms with Crippen LogP contribution in [0.15, 0.2) is 60.9 Å². The Morgan fingerprint density at radius 1 is 0.966 bits per heavy atom. The molecule has 0 radical (unpaired) electrons. The number of nitrogens with one attached hydrogen (secondary N) is 1. The number of amides is 1. The molecule has 0 atom stereocenters. The number of carbonyl (C=O) groups is 1. The minimum Gasteiger partial charge on any atom is -0.320 e. The monoisotopic (exact) mass is 383 g/mol. The zero-order valence-electron chi connectivity index (χ0n) is 16.5. The molecule has 0 spiro atoms. The number of benzene rings is 2. The average Bonchev–Trinajstić information content (AvgIpc) is 3.22. The molecule has 2 aliphatic rings. The Morgan fingerprint density at radius 2 is 1.83 bits per heavy atom. The molecule has 0 unspecified atom stereocenters. The van der Waals surface area contributed by atoms with Crippen molar-refractivity contribution in [1.82, 2.24) is 9.88 Å². The average molecular weight is 383 g/mol. The lowest BCUT2D eigenvalue weighted by atomic mass is 9.99. The predicted molar refractivity (Wildman–Crippen MR) is 115 cm³/mol. The van der Waals surface area contributed by atoms with Crippen molar-refractivity contribution in [2.45, 2.75) is 38.8 Å². The van der Waals surface area contributed by atoms with Gasteiger partial charge in [0.2, 0.25) is 0 Å². The highest BCUT2D eigenvalue weighted by Gasteiger charge is 2.21. The number of aromatic nitrogens is 1. The van der Waals surface area contributed by atoms with Crippen LogP contribution in [0.2, 0.25) is 0 Å². The number of carbonyl (C=O) groups excluding carboxylic acids is 1. The van der Waals surface area contributed by atoms with Crippen molar-refractivity contribution in [3.63, 3.8) is 0 Å². The number of aryl methyl sites for hydroxylation is 2. The zero-order chi connectivity index (χ0) is 19.6. The fourth-order valence-electron chi connectivity index (χ4n) is 4.54. The lowest BCUT2D eigenvalue weighted by Crippen LogP contribution is -2.31. The minimum atomic E-state index is -0.0402. The summed E-state index contributed by atoms with van der Waals surface area (Å²) in [6.07, 6.45) is 8.05. The second-order valence-corrected chi connectivity index (χ2v) is 8.06. The standard InChI is InChI=1S/C25H25N3O/c29-25(21-10-9-19-7-4-8-20(19)13-21)27-24-15-26-14-22-17-28(12-11-23(22)24)16-18-5-2-1-3-6-18/h1-3,5-6,9-10,13-15H,4,7-8,11-12,16-17H2,(H,27,29). The first-order valence-corrected chi connectivity index (χ1v) is 10.4. The summed E-state index contributed by atoms with van der Waals surface area (Å²) >= 11 is 0. The summed E-state index contributed by atoms with van der Waals surface area (Å²) in [5, 5.41) is 3.12. The van der Waals surface area contributed by atoms with E-state index in [9.17, 15) is 4.79 Å². The molecule has 1 amide bonds. The lowest BCUT2D eigenvalue weighted by Gasteiger charge is -2.29. The van der Waals surface area contributed by atoms with Crippen LogP contribution in [-0.4, -0.2) is 22.3 Å². The van der Waals surface area contributed by atoms with E-state index in [0.29, 0.717) is 0 Å². The second kappa shape index (κ2) is 7.80. The van der Waals surface area contributed by atoms with Gasteiger partial charge in [0, 0.05) is 31.4 Å². The Bertz CT molecular complexity index is 1050. The number of anilines is 1. The first kappa shape index (κ1) is 18.1. The van der Waals surface area contributed by atoms with Crippen LogP contribution in [0.3, 0.4) is 0 Å². The first-order chi connectivity index (χ1) is 14.3. The SMILES string of the molecule is O=C(Nc1cncc2c1CCN(Cc1ccccc1)C2)c1ccc2c(c1)CCC2. The molecule has 0 saturated carbocycles. The number of hydrogen-bond acceptors (Lipinski definition) is 3. The molecule has 4 nitrogen and oxygen atoms in total. The molecule has 1 aromatic heterocycles. The van der Waals surface area contributed by atoms with Gasteiger partial charge in [-0.05, 0) is 65.6 Å². The Morgan fingerprint density at radius 3 is 2.72 bits per heavy atom. The van der Waals surface area contributed by atoms with Crippen LogP contribution >= 0.6 is 0 Å². The van der Waals surface area contributed by atoms with Crippen LogP contribution < -0.4 is 5.32 Å². The van der Waals surface area contributed by atoms with Crippen LogP contribution in [0, 0.1) is 0 Å². The minimum absolute atomic E-state index is 0.0402. The molecule has 4 heteroatoms. The Labute approximate surface area is 171 Å². The summed E-state index contributed by atoms with van der Waals surface area (Å²) in [5.74, 6) is -0.0402. The molecule has 29 heavy (non-hydrogen) atoms. The van der Waals surface area contributed by atoms with E-state index >= 15 is 0 Å². The van der Waals surface area contributed by atoms with Crippen molar-refractivity contribution < 1.29 is 4.79 Å². The van der Waals surface area contributed by atoms with Crippen molar-refractivity contribution in [2.75, 3.05) is 11.9 Å². The first-order valence-electron chi connectivity index (χ1n) is 10.4. The van der Waals surface area contributed by atoms with Crippen molar-refractivity contribution in [2.24, 2.45) is 0 Å². The highest BCUT2D eigenvalue weighted by molar-refractivity contribution is 6.04. The molecule has 1 N–H and O–H groups in total. The van der Waals surface area contributed by atoms with E-state index in [0.717, 1.165) is 50.1 Å². The quantitative estimate of drug-likeness (QED) is 0.727. The van der Waals surface area contributed by atoms with Gasteiger partial charge in [0.05, 0.1) is 11.9 Å². The van der Waals surface area contributed by atoms with Crippen LogP contribution in [0.4, 0.5) is 5.69 Å². The largest absolute Gasteiger partial charge is 0.320 e. The molecule has 1 aliphatic heterocycles. The molecule has 0 bridgehead atoms. The van der Waals surface area contributed by atoms with Crippen molar-refractivity contribution >= 4 is 11.6 Å². The predicted octanol–water partition coefficient (Wildman–Crippen LogP) is 4.38. The highest BCUT2D eigenvalue weighted by atomic mass is 16.1. The van der Waals surface area contributed by atoms with Gasteiger partial charge < -0.3 is 5.32 Å². The molecule has 3 aromatic rings. The van der Waals surface area contributed by atoms with Gasteiger partial charge >= 0.3 is 0 Å². The van der Waals surface area contributed by atoms with E-state index in [1.807, 2.05) is 12.3 Å². The van der Waals surface area contributed by atoms with Crippen LogP contribution in [0.5, 0.6) is 0 Å². The van der Waals surface area contributed by atoms with E-state index in [-0.39, 0.29) is 5.91 Å². The highest BCUT2D eigenvalue weighted by Crippen LogP contribution is 2.27. The fraction of sp³-hybridized carbons (Fsp3) is 0.280. The van der Waals surface area contributed by atoms with Gasteiger partial charge in [-0.1, -0.05) is 36.4 Å². The topological polar surface area (TPSA) is 45.2 Å². The maximum atomic E-state index is 12.9. The molecule has 0 saturated heterocycles. The maximum absolute atomic E-state index is 12.9. The maximum Gasteiger partial charge on any atom is 0.255 e. The summed E-state index contributed by atoms with van der Waals surface area (Å²) in [7, 11) is 0. The van der Waals surface area contributed by atoms with Crippen LogP contribution in [0.25, 0.3) is 0 Å². The Balaban J connectivity index is 1.31. The van der Waals surface area contributed by atoms with Gasteiger partial charge in [-0.2, -0.15) is 0 Å². The molecular formula is C25H25N3O. The molecule has 146 valence electrons. The second-order valence-electron chi connectivity index (χ2n) is 8.06. The summed E-state index contributed by atoms with van der Waals surface area (Å²) in [6.45, 7) is 2.78. The van der Waals surface area contributed by atoms with Crippen molar-refractivity contribution in [3.8, 4) is 0 Å². The number of pyridine rings is 1. The number of fused-ring (bicyclic) bond motifs is 2. The van der Waals surface area contributed by atoms with Gasteiger partial charge in [-0.25, -0.2) is 0 Å². The molecule has 2 heterocycles. The third kappa shape index (κ3) is 3.81. The van der Waals surface area contributed by atoms with E-state index in [4.69, 9.17) is 0 Å². The summed E-state index contributed by atoms with van der Waals surface area (Å²) in [6, 6.07) is 16.7. The van der Waals surface area contributed by atoms with E-state index < -0.39 is 0 Å². The molecule has 2 aromatic carbocycles. The molecule has 5 rings (SSSR count). The normalized spacial score (nSPS) is 15.6. The van der Waals surface area contributed by atoms with E-state index in [2.05, 4.69) is 57.7 Å². The van der Waals surface area contributed by atoms with Gasteiger partial charge in [0.25, 0.3) is 5.91 Å². The smallest absolute Gasteiger partial charge is 0.255 e. The molecule has 0 fully saturated rings. The van der Waals surface area contributed by atoms with Gasteiger partial charge in [-0.3, -0.25) is 14.7 Å². The number of nitrogens with zero attached hydrogens (tertiary/aromatic N) is 2. The fourth-order valence-corrected chi connectivity index (χ4v) is 4.54. The van der Waals surface area contributed by atoms with Crippen LogP contribution in [0.1, 0.15) is 44.6 Å². The Kier molecular flexibility index (Phi) is 4.86. The molecule has 1 aliphatic carbocycles. The van der Waals surface area contributed by atoms with Gasteiger partial charge in [0.1, 0.15) is 0 Å². The van der Waals surface area contributed by atoms with Crippen molar-refractivity contribution in [1.29, 1.82) is 0 Å². The molecular weight excluding hydrogens is 358 g/mol. The summed E-state index contributed by atoms with van der Waals surface area (Å²) in [5.41, 5.74) is 8.06. The Hall–Kier alpha value is -2.98. The van der Waals surface area contributed by atoms with Crippen LogP contribution in [-0.2, 0) is 32.4 Å². The van der Waals surface area contributed by atoms with Gasteiger partial charge in [-0.15, -0.1) is 0 Å². The third-order valence-electron chi connectivity index (χ3n) is 6.08. The van der Waals surface area contributed by atoms with E-state index in [1.165, 1.54) is 34.2 Å². The third-order valence-corrected chi connectivity index (χ3v) is 6.08. The number of rotatable bonds is 4. The number of hydrogen-bond donors (Lipinski definition) is 1. The van der Waals surface area contributed by atoms with Crippen molar-refractivity contribution in [3.05, 3.63) is 94.3 Å². The van der Waals surface area contributed by atoms with E-state index in [1.54, 1.807) is 6.20 Å². The lowest BCUT2D eigenvalue weighted by molar-refractivity contribution is 0.102. The zero-order valence-corrected chi connectivity index (χ0v) is 16.5. The van der Waals surface area contributed by atoms with Gasteiger partial charge in [0.15, 0.2) is 0 Å².